The number of hydrogen-bond donors (Lipinski definition) is 1. The number of fused-ring (bicyclic) bond motifs is 3. The number of benzene rings is 1. The van der Waals surface area contributed by atoms with Crippen LogP contribution in [0.25, 0.3) is 21.9 Å². The second-order valence-electron chi connectivity index (χ2n) is 4.44. The molecule has 5 heteroatoms. The van der Waals surface area contributed by atoms with Crippen LogP contribution in [0.1, 0.15) is 14.1 Å². The number of carbonyl (C=O) groups is 1. The molecule has 2 heterocycles. The SMILES string of the molecule is [3H]CC(=O)Nc1nc2ccccc2c2c1nc(C)n2C. The summed E-state index contributed by atoms with van der Waals surface area (Å²) < 4.78 is 9.09. The van der Waals surface area contributed by atoms with Crippen molar-refractivity contribution in [3.63, 3.8) is 0 Å². The van der Waals surface area contributed by atoms with E-state index in [1.807, 2.05) is 42.8 Å². The molecular formula is C14H14N4O. The number of nitrogens with zero attached hydrogens (tertiary/aromatic N) is 3. The van der Waals surface area contributed by atoms with Gasteiger partial charge < -0.3 is 9.88 Å². The topological polar surface area (TPSA) is 59.8 Å². The molecule has 0 spiro atoms. The van der Waals surface area contributed by atoms with Crippen molar-refractivity contribution in [1.29, 1.82) is 0 Å². The van der Waals surface area contributed by atoms with Crippen molar-refractivity contribution in [3.05, 3.63) is 30.1 Å². The molecule has 96 valence electrons. The Labute approximate surface area is 111 Å². The summed E-state index contributed by atoms with van der Waals surface area (Å²) in [6.07, 6.45) is 0. The van der Waals surface area contributed by atoms with E-state index in [-0.39, 0.29) is 6.90 Å². The van der Waals surface area contributed by atoms with Crippen LogP contribution in [0, 0.1) is 6.92 Å². The van der Waals surface area contributed by atoms with Gasteiger partial charge in [0.25, 0.3) is 0 Å². The normalized spacial score (nSPS) is 11.8. The van der Waals surface area contributed by atoms with Gasteiger partial charge in [-0.1, -0.05) is 18.2 Å². The van der Waals surface area contributed by atoms with Gasteiger partial charge in [0.1, 0.15) is 11.3 Å². The summed E-state index contributed by atoms with van der Waals surface area (Å²) in [6, 6.07) is 7.74. The van der Waals surface area contributed by atoms with Gasteiger partial charge in [0.2, 0.25) is 5.91 Å². The highest BCUT2D eigenvalue weighted by Gasteiger charge is 2.15. The van der Waals surface area contributed by atoms with Gasteiger partial charge in [-0.25, -0.2) is 9.97 Å². The molecule has 1 amide bonds. The molecule has 3 aromatic rings. The number of pyridine rings is 1. The van der Waals surface area contributed by atoms with E-state index in [2.05, 4.69) is 15.3 Å². The van der Waals surface area contributed by atoms with Crippen molar-refractivity contribution < 1.29 is 6.17 Å². The average Bonchev–Trinajstić information content (AvgIpc) is 2.75. The van der Waals surface area contributed by atoms with Gasteiger partial charge in [-0.3, -0.25) is 4.79 Å². The third kappa shape index (κ3) is 1.74. The molecule has 1 aromatic carbocycles. The Hall–Kier alpha value is -2.43. The van der Waals surface area contributed by atoms with E-state index in [1.54, 1.807) is 0 Å². The van der Waals surface area contributed by atoms with Crippen LogP contribution >= 0.6 is 0 Å². The Morgan fingerprint density at radius 2 is 2.16 bits per heavy atom. The highest BCUT2D eigenvalue weighted by molar-refractivity contribution is 6.09. The number of aryl methyl sites for hydroxylation is 2. The van der Waals surface area contributed by atoms with E-state index in [1.165, 1.54) is 0 Å². The first kappa shape index (κ1) is 10.5. The molecule has 0 aliphatic carbocycles. The fourth-order valence-electron chi connectivity index (χ4n) is 2.25. The molecule has 0 fully saturated rings. The van der Waals surface area contributed by atoms with Crippen LogP contribution < -0.4 is 5.32 Å². The van der Waals surface area contributed by atoms with E-state index >= 15 is 0 Å². The van der Waals surface area contributed by atoms with E-state index in [0.717, 1.165) is 22.2 Å². The first-order valence-electron chi connectivity index (χ1n) is 6.63. The summed E-state index contributed by atoms with van der Waals surface area (Å²) in [7, 11) is 1.94. The Morgan fingerprint density at radius 3 is 2.95 bits per heavy atom. The average molecular weight is 256 g/mol. The summed E-state index contributed by atoms with van der Waals surface area (Å²) in [4.78, 5) is 20.4. The van der Waals surface area contributed by atoms with Crippen LogP contribution in [0.5, 0.6) is 0 Å². The number of amides is 1. The molecule has 0 saturated carbocycles. The van der Waals surface area contributed by atoms with E-state index in [0.29, 0.717) is 11.3 Å². The lowest BCUT2D eigenvalue weighted by Gasteiger charge is -2.06. The number of para-hydroxylation sites is 1. The number of imidazole rings is 1. The van der Waals surface area contributed by atoms with Gasteiger partial charge in [0.05, 0.1) is 11.0 Å². The third-order valence-electron chi connectivity index (χ3n) is 3.19. The lowest BCUT2D eigenvalue weighted by Crippen LogP contribution is -2.08. The van der Waals surface area contributed by atoms with Crippen molar-refractivity contribution in [3.8, 4) is 0 Å². The van der Waals surface area contributed by atoms with Crippen molar-refractivity contribution in [2.24, 2.45) is 7.05 Å². The molecule has 3 rings (SSSR count). The van der Waals surface area contributed by atoms with Crippen LogP contribution in [-0.4, -0.2) is 20.4 Å². The zero-order valence-corrected chi connectivity index (χ0v) is 10.8. The highest BCUT2D eigenvalue weighted by Crippen LogP contribution is 2.29. The van der Waals surface area contributed by atoms with Crippen molar-refractivity contribution in [2.75, 3.05) is 5.32 Å². The number of carbonyl (C=O) groups excluding carboxylic acids is 1. The molecule has 5 nitrogen and oxygen atoms in total. The number of nitrogens with one attached hydrogen (secondary N) is 1. The number of hydrogen-bond acceptors (Lipinski definition) is 3. The molecule has 0 atom stereocenters. The van der Waals surface area contributed by atoms with E-state index in [4.69, 9.17) is 1.37 Å². The molecule has 0 bridgehead atoms. The van der Waals surface area contributed by atoms with Crippen LogP contribution in [0.3, 0.4) is 0 Å². The predicted octanol–water partition coefficient (Wildman–Crippen LogP) is 2.39. The van der Waals surface area contributed by atoms with E-state index in [9.17, 15) is 4.79 Å². The predicted molar refractivity (Wildman–Crippen MR) is 75.1 cm³/mol. The third-order valence-corrected chi connectivity index (χ3v) is 3.19. The molecular weight excluding hydrogens is 240 g/mol. The van der Waals surface area contributed by atoms with Gasteiger partial charge in [-0.2, -0.15) is 0 Å². The minimum absolute atomic E-state index is 0.332. The highest BCUT2D eigenvalue weighted by atomic mass is 16.1. The van der Waals surface area contributed by atoms with Crippen LogP contribution in [0.15, 0.2) is 24.3 Å². The van der Waals surface area contributed by atoms with Gasteiger partial charge >= 0.3 is 0 Å². The Morgan fingerprint density at radius 1 is 1.37 bits per heavy atom. The number of anilines is 1. The molecule has 0 aliphatic rings. The zero-order chi connectivity index (χ0) is 14.3. The van der Waals surface area contributed by atoms with Gasteiger partial charge in [0, 0.05) is 20.7 Å². The summed E-state index contributed by atoms with van der Waals surface area (Å²) in [5.41, 5.74) is 2.39. The molecule has 19 heavy (non-hydrogen) atoms. The molecule has 0 radical (unpaired) electrons. The fourth-order valence-corrected chi connectivity index (χ4v) is 2.25. The van der Waals surface area contributed by atoms with E-state index < -0.39 is 5.91 Å². The van der Waals surface area contributed by atoms with Gasteiger partial charge in [-0.05, 0) is 13.0 Å². The largest absolute Gasteiger partial charge is 0.331 e. The molecule has 0 aliphatic heterocycles. The Bertz CT molecular complexity index is 825. The molecule has 1 N–H and O–H groups in total. The second-order valence-corrected chi connectivity index (χ2v) is 4.44. The summed E-state index contributed by atoms with van der Waals surface area (Å²) in [5, 5.41) is 3.65. The Kier molecular flexibility index (Phi) is 2.24. The monoisotopic (exact) mass is 256 g/mol. The lowest BCUT2D eigenvalue weighted by molar-refractivity contribution is -0.114. The number of aromatic nitrogens is 3. The maximum Gasteiger partial charge on any atom is 0.222 e. The van der Waals surface area contributed by atoms with Crippen LogP contribution in [0.2, 0.25) is 0 Å². The van der Waals surface area contributed by atoms with Crippen molar-refractivity contribution in [2.45, 2.75) is 13.8 Å². The summed E-state index contributed by atoms with van der Waals surface area (Å²) in [6.45, 7) is 1.58. The van der Waals surface area contributed by atoms with Crippen molar-refractivity contribution in [1.82, 2.24) is 14.5 Å². The van der Waals surface area contributed by atoms with Gasteiger partial charge in [-0.15, -0.1) is 0 Å². The van der Waals surface area contributed by atoms with Gasteiger partial charge in [0.15, 0.2) is 5.82 Å². The minimum Gasteiger partial charge on any atom is -0.331 e. The molecule has 0 saturated heterocycles. The number of rotatable bonds is 1. The molecule has 2 aromatic heterocycles. The second kappa shape index (κ2) is 4.05. The first-order valence-corrected chi connectivity index (χ1v) is 5.92. The maximum absolute atomic E-state index is 11.5. The maximum atomic E-state index is 11.5. The quantitative estimate of drug-likeness (QED) is 0.727. The van der Waals surface area contributed by atoms with Crippen LogP contribution in [-0.2, 0) is 11.8 Å². The molecule has 0 unspecified atom stereocenters. The minimum atomic E-state index is -0.391. The fraction of sp³-hybridized carbons (Fsp3) is 0.214. The smallest absolute Gasteiger partial charge is 0.222 e. The first-order chi connectivity index (χ1) is 9.61. The van der Waals surface area contributed by atoms with Crippen molar-refractivity contribution >= 4 is 33.7 Å². The lowest BCUT2D eigenvalue weighted by atomic mass is 10.2. The zero-order valence-electron chi connectivity index (χ0n) is 11.8. The summed E-state index contributed by atoms with van der Waals surface area (Å²) in [5.74, 6) is 0.872. The summed E-state index contributed by atoms with van der Waals surface area (Å²) >= 11 is 0. The standard InChI is InChI=1S/C14H14N4O/c1-8-15-12-13(18(8)3)10-6-4-5-7-11(10)17-14(12)16-9(2)19/h4-7H,1-3H3,(H,16,17,19)/i2T. The Balaban J connectivity index is 2.38. The van der Waals surface area contributed by atoms with Crippen LogP contribution in [0.4, 0.5) is 5.82 Å².